The van der Waals surface area contributed by atoms with Gasteiger partial charge in [0.15, 0.2) is 0 Å². The van der Waals surface area contributed by atoms with Gasteiger partial charge >= 0.3 is 631 Å². The summed E-state index contributed by atoms with van der Waals surface area (Å²) in [6.45, 7) is 52.8. The number of hydrogen-bond donors (Lipinski definition) is 0. The molecule has 4 aromatic heterocycles. The van der Waals surface area contributed by atoms with Crippen molar-refractivity contribution in [3.8, 4) is 45.0 Å². The van der Waals surface area contributed by atoms with Crippen molar-refractivity contribution < 1.29 is 18.3 Å². The van der Waals surface area contributed by atoms with Crippen LogP contribution in [0.25, 0.3) is 45.0 Å². The Labute approximate surface area is 625 Å². The molecule has 4 nitrogen and oxygen atoms in total. The molecule has 0 unspecified atom stereocenters. The van der Waals surface area contributed by atoms with Crippen molar-refractivity contribution in [2.75, 3.05) is 0 Å². The van der Waals surface area contributed by atoms with Gasteiger partial charge in [-0.15, -0.1) is 0 Å². The predicted octanol–water partition coefficient (Wildman–Crippen LogP) is 21.1. The molecule has 0 radical (unpaired) electrons. The monoisotopic (exact) mass is 1600 g/mol. The van der Waals surface area contributed by atoms with E-state index in [1.165, 1.54) is 113 Å². The Morgan fingerprint density at radius 1 is 0.320 bits per heavy atom. The zero-order valence-electron chi connectivity index (χ0n) is 71.5. The molecule has 0 amide bonds. The van der Waals surface area contributed by atoms with Gasteiger partial charge < -0.3 is 0 Å². The molecule has 0 atom stereocenters. The average molecular weight is 1600 g/mol. The SMILES string of the molecule is Cc1cc(C(C)(C)C)ccc1-c1cc(C(C)(C)C)[c]([Ge]([CH3])([CH3])[CH3])c[n+]1C.Cc1cc(C(C)C)ccc1-c1cc(C(C)(C)C)[c]([Ge]([CH3])([CH3])[CH3])c[n+]1C.Cc1cc(CC(C)C)ccc1-c1cc(C(C)(C)C)[c]([Ge]([CH3])([CH3])[CH3])c[n+]1C.Cc1ccc(C)c(-c2cc(CC(C)C)[c]([Ge]([CH3])([CH3])[CH3])c[n+]2C)c1. The van der Waals surface area contributed by atoms with Crippen LogP contribution >= 0.6 is 0 Å². The van der Waals surface area contributed by atoms with Crippen LogP contribution in [0.2, 0.25) is 69.1 Å². The van der Waals surface area contributed by atoms with Gasteiger partial charge in [-0.05, 0) is 0 Å². The van der Waals surface area contributed by atoms with E-state index >= 15 is 0 Å². The van der Waals surface area contributed by atoms with E-state index in [9.17, 15) is 0 Å². The summed E-state index contributed by atoms with van der Waals surface area (Å²) in [5.41, 5.74) is 28.6. The Hall–Kier alpha value is -4.35. The minimum atomic E-state index is -1.95. The third kappa shape index (κ3) is 22.8. The molecule has 100 heavy (non-hydrogen) atoms. The third-order valence-electron chi connectivity index (χ3n) is 19.9. The molecule has 0 aliphatic rings. The number of benzene rings is 4. The van der Waals surface area contributed by atoms with Crippen LogP contribution in [-0.2, 0) is 62.7 Å². The summed E-state index contributed by atoms with van der Waals surface area (Å²) in [5, 5.41) is 0. The maximum absolute atomic E-state index is 2.50. The van der Waals surface area contributed by atoms with Crippen LogP contribution in [0.3, 0.4) is 0 Å². The van der Waals surface area contributed by atoms with Gasteiger partial charge in [0.2, 0.25) is 0 Å². The van der Waals surface area contributed by atoms with E-state index in [0.717, 1.165) is 6.42 Å². The normalized spacial score (nSPS) is 12.7. The molecule has 0 saturated heterocycles. The zero-order chi connectivity index (χ0) is 76.5. The van der Waals surface area contributed by atoms with Crippen molar-refractivity contribution >= 4 is 70.6 Å². The molecule has 0 bridgehead atoms. The summed E-state index contributed by atoms with van der Waals surface area (Å²) in [4.78, 5) is 0. The van der Waals surface area contributed by atoms with Crippen LogP contribution in [0.5, 0.6) is 0 Å². The molecule has 8 aromatic rings. The first kappa shape index (κ1) is 86.3. The van der Waals surface area contributed by atoms with E-state index in [2.05, 4.69) is 397 Å². The fourth-order valence-electron chi connectivity index (χ4n) is 14.0. The second-order valence-corrected chi connectivity index (χ2v) is 81.7. The van der Waals surface area contributed by atoms with Gasteiger partial charge in [-0.3, -0.25) is 0 Å². The molecule has 8 heteroatoms. The Morgan fingerprint density at radius 2 is 0.660 bits per heavy atom. The van der Waals surface area contributed by atoms with Crippen molar-refractivity contribution in [3.63, 3.8) is 0 Å². The van der Waals surface area contributed by atoms with E-state index in [1.54, 1.807) is 23.1 Å². The summed E-state index contributed by atoms with van der Waals surface area (Å²) in [6.07, 6.45) is 12.0. The van der Waals surface area contributed by atoms with Gasteiger partial charge in [0, 0.05) is 0 Å². The summed E-state index contributed by atoms with van der Waals surface area (Å²) in [7, 11) is 8.82. The second kappa shape index (κ2) is 33.0. The molecule has 544 valence electrons. The average Bonchev–Trinajstić information content (AvgIpc) is 0.801. The molecule has 4 aromatic carbocycles. The van der Waals surface area contributed by atoms with Crippen molar-refractivity contribution in [1.29, 1.82) is 0 Å². The van der Waals surface area contributed by atoms with E-state index in [-0.39, 0.29) is 21.7 Å². The summed E-state index contributed by atoms with van der Waals surface area (Å²) in [5.74, 6) is 31.9. The van der Waals surface area contributed by atoms with E-state index in [4.69, 9.17) is 0 Å². The second-order valence-electron chi connectivity index (χ2n) is 39.4. The van der Waals surface area contributed by atoms with Gasteiger partial charge in [-0.25, -0.2) is 0 Å². The number of rotatable bonds is 13. The van der Waals surface area contributed by atoms with Crippen LogP contribution in [0.4, 0.5) is 0 Å². The Bertz CT molecular complexity index is 4160. The Morgan fingerprint density at radius 3 is 0.980 bits per heavy atom. The third-order valence-corrected chi connectivity index (χ3v) is 36.9. The molecule has 0 N–H and O–H groups in total. The number of aromatic nitrogens is 4. The van der Waals surface area contributed by atoms with Crippen LogP contribution in [-0.4, -0.2) is 53.1 Å². The Kier molecular flexibility index (Phi) is 28.5. The molecule has 0 fully saturated rings. The summed E-state index contributed by atoms with van der Waals surface area (Å²) >= 11 is -7.71. The first-order valence-corrected chi connectivity index (χ1v) is 67.3. The quantitative estimate of drug-likeness (QED) is 0.0808. The van der Waals surface area contributed by atoms with Crippen molar-refractivity contribution in [2.45, 2.75) is 269 Å². The van der Waals surface area contributed by atoms with Crippen LogP contribution < -0.4 is 35.9 Å². The molecule has 0 saturated carbocycles. The topological polar surface area (TPSA) is 15.5 Å². The van der Waals surface area contributed by atoms with Gasteiger partial charge in [0.05, 0.1) is 0 Å². The van der Waals surface area contributed by atoms with Gasteiger partial charge in [0.25, 0.3) is 0 Å². The number of nitrogens with zero attached hydrogens (tertiary/aromatic N) is 4. The van der Waals surface area contributed by atoms with Gasteiger partial charge in [-0.2, -0.15) is 0 Å². The fraction of sp³-hybridized carbons (Fsp3) is 0.522. The van der Waals surface area contributed by atoms with Crippen LogP contribution in [0.15, 0.2) is 122 Å². The number of aryl methyl sites for hydroxylation is 9. The first-order valence-electron chi connectivity index (χ1n) is 37.9. The predicted molar refractivity (Wildman–Crippen MR) is 454 cm³/mol. The molecular weight excluding hydrogens is 1450 g/mol. The molecule has 8 rings (SSSR count). The fourth-order valence-corrected chi connectivity index (χ4v) is 29.2. The van der Waals surface area contributed by atoms with Crippen LogP contribution in [0.1, 0.15) is 197 Å². The van der Waals surface area contributed by atoms with Crippen molar-refractivity contribution in [1.82, 2.24) is 0 Å². The molecular formula is C92H144Ge4N4+4. The molecule has 0 aliphatic heterocycles. The molecule has 4 heterocycles. The summed E-state index contributed by atoms with van der Waals surface area (Å²) in [6, 6.07) is 37.6. The van der Waals surface area contributed by atoms with Crippen LogP contribution in [0, 0.1) is 46.5 Å². The minimum absolute atomic E-state index is 0.163. The van der Waals surface area contributed by atoms with E-state index < -0.39 is 53.1 Å². The molecule has 0 spiro atoms. The maximum atomic E-state index is 2.50. The van der Waals surface area contributed by atoms with E-state index in [1.807, 2.05) is 0 Å². The van der Waals surface area contributed by atoms with Crippen molar-refractivity contribution in [3.05, 3.63) is 189 Å². The zero-order valence-corrected chi connectivity index (χ0v) is 79.9. The standard InChI is InChI=1S/2C24H38GeN.C23H36GeN.C21H32GeN/c1-17-14-18(23(2,3)4)12-13-19(17)22-15-20(24(5,6)7)21(16-26(22)11)25(8,9)10;1-17(2)13-19-11-12-20(18(3)14-19)23-15-21(24(4,5)6)22(16-26(23)10)25(7,8)9;1-16(2)18-11-12-19(17(3)13-18)22-14-20(23(4,5)6)21(15-25(22)10)24(7,8)9;1-15(2)11-18-13-21(19-12-16(3)9-10-17(19)4)23(8)14-20(18)22(5,6)7/h12-16H,1-11H3;11-12,14-17H,13H2,1-10H3;11-16H,1-10H3;9-10,12-15H,11H2,1-8H3/q4*+1. The van der Waals surface area contributed by atoms with Crippen molar-refractivity contribution in [2.24, 2.45) is 40.0 Å². The first-order chi connectivity index (χ1) is 45.3. The Balaban J connectivity index is 0.000000241. The van der Waals surface area contributed by atoms with Gasteiger partial charge in [-0.1, -0.05) is 0 Å². The number of pyridine rings is 4. The summed E-state index contributed by atoms with van der Waals surface area (Å²) < 4.78 is 15.9. The molecule has 0 aliphatic carbocycles. The number of hydrogen-bond acceptors (Lipinski definition) is 0. The van der Waals surface area contributed by atoms with E-state index in [0.29, 0.717) is 17.8 Å². The van der Waals surface area contributed by atoms with Gasteiger partial charge in [0.1, 0.15) is 0 Å².